The number of hydrogen-bond acceptors (Lipinski definition) is 6. The fraction of sp³-hybridized carbons (Fsp3) is 0.333. The molecule has 8 nitrogen and oxygen atoms in total. The van der Waals surface area contributed by atoms with Crippen molar-refractivity contribution in [1.82, 2.24) is 19.5 Å². The number of anilines is 1. The molecule has 0 aliphatic heterocycles. The molecule has 3 aromatic heterocycles. The Kier molecular flexibility index (Phi) is 4.13. The number of fused-ring (bicyclic) bond motifs is 1. The molecule has 10 heteroatoms. The summed E-state index contributed by atoms with van der Waals surface area (Å²) in [6, 6.07) is 3.46. The van der Waals surface area contributed by atoms with Gasteiger partial charge in [0.2, 0.25) is 17.7 Å². The first-order chi connectivity index (χ1) is 13.4. The molecule has 1 fully saturated rings. The van der Waals surface area contributed by atoms with Crippen LogP contribution in [0.1, 0.15) is 6.42 Å². The van der Waals surface area contributed by atoms with E-state index in [-0.39, 0.29) is 5.82 Å². The Labute approximate surface area is 158 Å². The molecule has 146 valence electrons. The van der Waals surface area contributed by atoms with E-state index in [1.165, 1.54) is 20.5 Å². The molecule has 0 saturated heterocycles. The summed E-state index contributed by atoms with van der Waals surface area (Å²) >= 11 is 0. The molecule has 0 spiro atoms. The lowest BCUT2D eigenvalue weighted by atomic mass is 10.2. The summed E-state index contributed by atoms with van der Waals surface area (Å²) in [5, 5.41) is 3.20. The number of aryl methyl sites for hydroxylation is 1. The first-order valence-electron chi connectivity index (χ1n) is 8.43. The van der Waals surface area contributed by atoms with E-state index in [9.17, 15) is 13.6 Å². The number of hydrogen-bond donors (Lipinski definition) is 1. The lowest BCUT2D eigenvalue weighted by Crippen LogP contribution is -2.18. The molecule has 28 heavy (non-hydrogen) atoms. The van der Waals surface area contributed by atoms with Gasteiger partial charge in [0, 0.05) is 18.9 Å². The number of carbonyl (C=O) groups is 1. The monoisotopic (exact) mass is 389 g/mol. The lowest BCUT2D eigenvalue weighted by molar-refractivity contribution is -0.119. The maximum Gasteiger partial charge on any atom is 0.260 e. The lowest BCUT2D eigenvalue weighted by Gasteiger charge is -2.11. The van der Waals surface area contributed by atoms with Gasteiger partial charge in [-0.1, -0.05) is 0 Å². The SMILES string of the molecule is COc1ncnc(OC)c1-c1cc2cc(NC(=O)[C@H]3CC3(F)F)ncc2n1C. The Balaban J connectivity index is 1.73. The van der Waals surface area contributed by atoms with Crippen molar-refractivity contribution in [3.05, 3.63) is 24.7 Å². The molecule has 1 atom stereocenters. The Morgan fingerprint density at radius 2 is 1.86 bits per heavy atom. The van der Waals surface area contributed by atoms with E-state index in [2.05, 4.69) is 20.3 Å². The zero-order valence-corrected chi connectivity index (χ0v) is 15.4. The smallest absolute Gasteiger partial charge is 0.260 e. The molecule has 0 bridgehead atoms. The number of alkyl halides is 2. The van der Waals surface area contributed by atoms with E-state index >= 15 is 0 Å². The third-order valence-corrected chi connectivity index (χ3v) is 4.74. The van der Waals surface area contributed by atoms with Gasteiger partial charge in [0.1, 0.15) is 23.6 Å². The van der Waals surface area contributed by atoms with Crippen molar-refractivity contribution in [2.75, 3.05) is 19.5 Å². The van der Waals surface area contributed by atoms with Crippen LogP contribution in [0.25, 0.3) is 22.2 Å². The van der Waals surface area contributed by atoms with Crippen molar-refractivity contribution in [2.45, 2.75) is 12.3 Å². The van der Waals surface area contributed by atoms with E-state index in [0.29, 0.717) is 23.0 Å². The average molecular weight is 389 g/mol. The van der Waals surface area contributed by atoms with Gasteiger partial charge in [-0.3, -0.25) is 4.79 Å². The molecular weight excluding hydrogens is 372 g/mol. The first-order valence-corrected chi connectivity index (χ1v) is 8.43. The molecule has 1 amide bonds. The quantitative estimate of drug-likeness (QED) is 0.721. The van der Waals surface area contributed by atoms with Crippen LogP contribution < -0.4 is 14.8 Å². The van der Waals surface area contributed by atoms with Gasteiger partial charge >= 0.3 is 0 Å². The van der Waals surface area contributed by atoms with Crippen molar-refractivity contribution < 1.29 is 23.0 Å². The summed E-state index contributed by atoms with van der Waals surface area (Å²) in [5.41, 5.74) is 2.04. The van der Waals surface area contributed by atoms with Crippen LogP contribution in [0.2, 0.25) is 0 Å². The van der Waals surface area contributed by atoms with Crippen LogP contribution in [-0.4, -0.2) is 45.6 Å². The average Bonchev–Trinajstić information content (AvgIpc) is 3.21. The summed E-state index contributed by atoms with van der Waals surface area (Å²) in [5.74, 6) is -4.04. The molecule has 0 aromatic carbocycles. The van der Waals surface area contributed by atoms with E-state index in [4.69, 9.17) is 9.47 Å². The highest BCUT2D eigenvalue weighted by Gasteiger charge is 2.61. The van der Waals surface area contributed by atoms with E-state index in [1.807, 2.05) is 17.7 Å². The molecule has 1 N–H and O–H groups in total. The summed E-state index contributed by atoms with van der Waals surface area (Å²) < 4.78 is 38.7. The molecule has 4 rings (SSSR count). The molecule has 1 aliphatic carbocycles. The van der Waals surface area contributed by atoms with Crippen molar-refractivity contribution >= 4 is 22.6 Å². The number of carbonyl (C=O) groups excluding carboxylic acids is 1. The number of rotatable bonds is 5. The van der Waals surface area contributed by atoms with Crippen molar-refractivity contribution in [2.24, 2.45) is 13.0 Å². The Bertz CT molecular complexity index is 1060. The third kappa shape index (κ3) is 2.90. The van der Waals surface area contributed by atoms with Gasteiger partial charge in [-0.25, -0.2) is 23.7 Å². The highest BCUT2D eigenvalue weighted by molar-refractivity contribution is 5.97. The van der Waals surface area contributed by atoms with Crippen LogP contribution in [0, 0.1) is 5.92 Å². The number of nitrogens with one attached hydrogen (secondary N) is 1. The van der Waals surface area contributed by atoms with E-state index in [1.54, 1.807) is 12.3 Å². The molecule has 3 heterocycles. The van der Waals surface area contributed by atoms with E-state index in [0.717, 1.165) is 10.9 Å². The number of ether oxygens (including phenoxy) is 2. The zero-order chi connectivity index (χ0) is 20.1. The summed E-state index contributed by atoms with van der Waals surface area (Å²) in [6.07, 6.45) is 2.47. The normalized spacial score (nSPS) is 17.4. The Hall–Kier alpha value is -3.30. The predicted octanol–water partition coefficient (Wildman–Crippen LogP) is 2.64. The van der Waals surface area contributed by atoms with Gasteiger partial charge in [0.15, 0.2) is 0 Å². The van der Waals surface area contributed by atoms with Crippen molar-refractivity contribution in [1.29, 1.82) is 0 Å². The number of pyridine rings is 1. The second-order valence-corrected chi connectivity index (χ2v) is 6.49. The molecule has 0 radical (unpaired) electrons. The van der Waals surface area contributed by atoms with Crippen molar-refractivity contribution in [3.63, 3.8) is 0 Å². The van der Waals surface area contributed by atoms with Crippen LogP contribution in [0.15, 0.2) is 24.7 Å². The number of aromatic nitrogens is 4. The highest BCUT2D eigenvalue weighted by atomic mass is 19.3. The minimum atomic E-state index is -2.92. The fourth-order valence-electron chi connectivity index (χ4n) is 3.14. The van der Waals surface area contributed by atoms with Gasteiger partial charge < -0.3 is 19.4 Å². The van der Waals surface area contributed by atoms with Crippen LogP contribution in [0.3, 0.4) is 0 Å². The largest absolute Gasteiger partial charge is 0.480 e. The molecular formula is C18H17F2N5O3. The van der Waals surface area contributed by atoms with E-state index < -0.39 is 24.2 Å². The minimum absolute atomic E-state index is 0.209. The van der Waals surface area contributed by atoms with Crippen LogP contribution in [-0.2, 0) is 11.8 Å². The zero-order valence-electron chi connectivity index (χ0n) is 15.4. The van der Waals surface area contributed by atoms with Crippen LogP contribution in [0.5, 0.6) is 11.8 Å². The van der Waals surface area contributed by atoms with Gasteiger partial charge in [0.05, 0.1) is 31.6 Å². The number of halogens is 2. The molecule has 0 unspecified atom stereocenters. The molecule has 1 aliphatic rings. The van der Waals surface area contributed by atoms with Crippen LogP contribution >= 0.6 is 0 Å². The third-order valence-electron chi connectivity index (χ3n) is 4.74. The summed E-state index contributed by atoms with van der Waals surface area (Å²) in [4.78, 5) is 24.3. The maximum atomic E-state index is 13.1. The minimum Gasteiger partial charge on any atom is -0.480 e. The topological polar surface area (TPSA) is 91.2 Å². The highest BCUT2D eigenvalue weighted by Crippen LogP contribution is 2.49. The second-order valence-electron chi connectivity index (χ2n) is 6.49. The van der Waals surface area contributed by atoms with Gasteiger partial charge in [-0.15, -0.1) is 0 Å². The second kappa shape index (κ2) is 6.39. The molecule has 3 aromatic rings. The molecule has 1 saturated carbocycles. The first kappa shape index (κ1) is 18.1. The number of methoxy groups -OCH3 is 2. The van der Waals surface area contributed by atoms with Crippen LogP contribution in [0.4, 0.5) is 14.6 Å². The fourth-order valence-corrected chi connectivity index (χ4v) is 3.14. The van der Waals surface area contributed by atoms with Crippen molar-refractivity contribution in [3.8, 4) is 23.0 Å². The van der Waals surface area contributed by atoms with Gasteiger partial charge in [-0.05, 0) is 12.1 Å². The van der Waals surface area contributed by atoms with Gasteiger partial charge in [0.25, 0.3) is 5.92 Å². The summed E-state index contributed by atoms with van der Waals surface area (Å²) in [7, 11) is 4.82. The summed E-state index contributed by atoms with van der Waals surface area (Å²) in [6.45, 7) is 0. The van der Waals surface area contributed by atoms with Gasteiger partial charge in [-0.2, -0.15) is 0 Å². The number of nitrogens with zero attached hydrogens (tertiary/aromatic N) is 4. The number of amides is 1. The maximum absolute atomic E-state index is 13.1. The Morgan fingerprint density at radius 1 is 1.21 bits per heavy atom. The predicted molar refractivity (Wildman–Crippen MR) is 96.5 cm³/mol. The Morgan fingerprint density at radius 3 is 2.43 bits per heavy atom. The standard InChI is InChI=1S/C18H17F2N5O3/c1-25-11(14-16(27-2)22-8-23-17(14)28-3)4-9-5-13(21-7-12(9)25)24-15(26)10-6-18(10,19)20/h4-5,7-8,10H,6H2,1-3H3,(H,21,24,26)/t10-/m1/s1.